The second-order valence-corrected chi connectivity index (χ2v) is 4.54. The summed E-state index contributed by atoms with van der Waals surface area (Å²) < 4.78 is 1.81. The molecule has 0 atom stereocenters. The lowest BCUT2D eigenvalue weighted by Crippen LogP contribution is -2.10. The lowest BCUT2D eigenvalue weighted by molar-refractivity contribution is 0.876. The molecule has 0 bridgehead atoms. The fourth-order valence-corrected chi connectivity index (χ4v) is 2.08. The standard InChI is InChI=1S/C14H15N5/c1-3-9-4-6-10(7-5-9)13-17-11-12(15)16-8-19(2)14(11)18-13/h4-8,15H,3H2,1-2H3,(H,17,18). The van der Waals surface area contributed by atoms with E-state index in [4.69, 9.17) is 5.41 Å². The minimum absolute atomic E-state index is 0.219. The predicted octanol–water partition coefficient (Wildman–Crippen LogP) is 2.01. The van der Waals surface area contributed by atoms with Crippen molar-refractivity contribution in [2.75, 3.05) is 0 Å². The minimum Gasteiger partial charge on any atom is -0.334 e. The number of imidazole rings is 1. The summed E-state index contributed by atoms with van der Waals surface area (Å²) in [6.07, 6.45) is 2.63. The number of H-pyrrole nitrogens is 1. The van der Waals surface area contributed by atoms with Crippen LogP contribution < -0.4 is 5.49 Å². The number of hydrogen-bond acceptors (Lipinski definition) is 3. The first kappa shape index (κ1) is 11.6. The molecule has 2 heterocycles. The van der Waals surface area contributed by atoms with Crippen LogP contribution in [0.1, 0.15) is 12.5 Å². The van der Waals surface area contributed by atoms with Gasteiger partial charge in [0.05, 0.1) is 6.33 Å². The molecule has 5 heteroatoms. The first-order valence-corrected chi connectivity index (χ1v) is 6.24. The number of rotatable bonds is 2. The smallest absolute Gasteiger partial charge is 0.173 e. The molecule has 5 nitrogen and oxygen atoms in total. The van der Waals surface area contributed by atoms with Crippen LogP contribution in [0.4, 0.5) is 0 Å². The third kappa shape index (κ3) is 1.93. The highest BCUT2D eigenvalue weighted by Crippen LogP contribution is 2.18. The zero-order valence-electron chi connectivity index (χ0n) is 10.9. The number of fused-ring (bicyclic) bond motifs is 1. The van der Waals surface area contributed by atoms with Crippen LogP contribution >= 0.6 is 0 Å². The molecule has 0 aliphatic rings. The second-order valence-electron chi connectivity index (χ2n) is 4.54. The summed E-state index contributed by atoms with van der Waals surface area (Å²) >= 11 is 0. The topological polar surface area (TPSA) is 70.3 Å². The van der Waals surface area contributed by atoms with Gasteiger partial charge in [0.2, 0.25) is 0 Å². The highest BCUT2D eigenvalue weighted by molar-refractivity contribution is 5.74. The Hall–Kier alpha value is -2.43. The Labute approximate surface area is 110 Å². The summed E-state index contributed by atoms with van der Waals surface area (Å²) in [4.78, 5) is 11.7. The maximum absolute atomic E-state index is 7.80. The van der Waals surface area contributed by atoms with Crippen molar-refractivity contribution in [1.29, 1.82) is 5.41 Å². The summed E-state index contributed by atoms with van der Waals surface area (Å²) in [5, 5.41) is 7.80. The molecular weight excluding hydrogens is 238 g/mol. The summed E-state index contributed by atoms with van der Waals surface area (Å²) in [7, 11) is 1.87. The Morgan fingerprint density at radius 1 is 1.26 bits per heavy atom. The van der Waals surface area contributed by atoms with Crippen molar-refractivity contribution in [3.63, 3.8) is 0 Å². The zero-order chi connectivity index (χ0) is 13.4. The van der Waals surface area contributed by atoms with Gasteiger partial charge in [0.25, 0.3) is 0 Å². The maximum atomic E-state index is 7.80. The maximum Gasteiger partial charge on any atom is 0.173 e. The monoisotopic (exact) mass is 253 g/mol. The van der Waals surface area contributed by atoms with E-state index in [1.807, 2.05) is 23.7 Å². The van der Waals surface area contributed by atoms with Gasteiger partial charge in [0.15, 0.2) is 11.1 Å². The average molecular weight is 253 g/mol. The molecule has 0 aliphatic heterocycles. The lowest BCUT2D eigenvalue weighted by Gasteiger charge is -1.98. The van der Waals surface area contributed by atoms with Crippen LogP contribution in [0.15, 0.2) is 30.6 Å². The van der Waals surface area contributed by atoms with Gasteiger partial charge in [-0.05, 0) is 12.0 Å². The lowest BCUT2D eigenvalue weighted by atomic mass is 10.1. The molecular formula is C14H15N5. The fraction of sp³-hybridized carbons (Fsp3) is 0.214. The Morgan fingerprint density at radius 2 is 2.00 bits per heavy atom. The molecule has 2 N–H and O–H groups in total. The molecule has 0 amide bonds. The minimum atomic E-state index is 0.219. The number of aromatic nitrogens is 4. The largest absolute Gasteiger partial charge is 0.334 e. The van der Waals surface area contributed by atoms with Crippen molar-refractivity contribution in [2.45, 2.75) is 13.3 Å². The van der Waals surface area contributed by atoms with Crippen LogP contribution in [0.2, 0.25) is 0 Å². The van der Waals surface area contributed by atoms with Gasteiger partial charge in [-0.3, -0.25) is 5.41 Å². The van der Waals surface area contributed by atoms with Crippen molar-refractivity contribution in [3.05, 3.63) is 41.6 Å². The summed E-state index contributed by atoms with van der Waals surface area (Å²) in [6.45, 7) is 2.13. The fourth-order valence-electron chi connectivity index (χ4n) is 2.08. The SMILES string of the molecule is CCc1ccc(-c2nc3c([nH]2)c(=N)ncn3C)cc1. The van der Waals surface area contributed by atoms with Gasteiger partial charge >= 0.3 is 0 Å². The molecule has 0 saturated carbocycles. The quantitative estimate of drug-likeness (QED) is 0.733. The summed E-state index contributed by atoms with van der Waals surface area (Å²) in [5.74, 6) is 0.773. The predicted molar refractivity (Wildman–Crippen MR) is 73.5 cm³/mol. The number of benzene rings is 1. The highest BCUT2D eigenvalue weighted by Gasteiger charge is 2.08. The normalized spacial score (nSPS) is 11.1. The first-order valence-electron chi connectivity index (χ1n) is 6.24. The second kappa shape index (κ2) is 4.35. The van der Waals surface area contributed by atoms with Gasteiger partial charge in [-0.15, -0.1) is 0 Å². The molecule has 0 spiro atoms. The molecule has 0 unspecified atom stereocenters. The summed E-state index contributed by atoms with van der Waals surface area (Å²) in [5.41, 5.74) is 3.95. The number of aromatic amines is 1. The van der Waals surface area contributed by atoms with E-state index >= 15 is 0 Å². The van der Waals surface area contributed by atoms with Gasteiger partial charge in [-0.1, -0.05) is 31.2 Å². The van der Waals surface area contributed by atoms with Gasteiger partial charge < -0.3 is 9.55 Å². The van der Waals surface area contributed by atoms with Gasteiger partial charge in [0, 0.05) is 12.6 Å². The Morgan fingerprint density at radius 3 is 2.63 bits per heavy atom. The molecule has 96 valence electrons. The molecule has 0 fully saturated rings. The number of nitrogens with one attached hydrogen (secondary N) is 2. The number of hydrogen-bond donors (Lipinski definition) is 2. The van der Waals surface area contributed by atoms with Crippen molar-refractivity contribution in [1.82, 2.24) is 19.5 Å². The Balaban J connectivity index is 2.17. The molecule has 1 aromatic carbocycles. The highest BCUT2D eigenvalue weighted by atomic mass is 15.1. The molecule has 0 saturated heterocycles. The van der Waals surface area contributed by atoms with E-state index in [1.54, 1.807) is 6.33 Å². The summed E-state index contributed by atoms with van der Waals surface area (Å²) in [6, 6.07) is 8.30. The van der Waals surface area contributed by atoms with Crippen molar-refractivity contribution in [3.8, 4) is 11.4 Å². The molecule has 0 aliphatic carbocycles. The van der Waals surface area contributed by atoms with Crippen LogP contribution in [-0.4, -0.2) is 19.5 Å². The van der Waals surface area contributed by atoms with E-state index in [2.05, 4.69) is 34.0 Å². The molecule has 19 heavy (non-hydrogen) atoms. The average Bonchev–Trinajstić information content (AvgIpc) is 2.89. The first-order chi connectivity index (χ1) is 9.19. The van der Waals surface area contributed by atoms with Crippen LogP contribution in [-0.2, 0) is 13.5 Å². The van der Waals surface area contributed by atoms with E-state index < -0.39 is 0 Å². The van der Waals surface area contributed by atoms with Crippen molar-refractivity contribution >= 4 is 11.2 Å². The van der Waals surface area contributed by atoms with Crippen LogP contribution in [0.5, 0.6) is 0 Å². The van der Waals surface area contributed by atoms with Crippen LogP contribution in [0.3, 0.4) is 0 Å². The number of nitrogens with zero attached hydrogens (tertiary/aromatic N) is 3. The van der Waals surface area contributed by atoms with E-state index in [9.17, 15) is 0 Å². The molecule has 2 aromatic heterocycles. The van der Waals surface area contributed by atoms with Crippen LogP contribution in [0.25, 0.3) is 22.6 Å². The molecule has 0 radical (unpaired) electrons. The van der Waals surface area contributed by atoms with Crippen LogP contribution in [0, 0.1) is 5.41 Å². The van der Waals surface area contributed by atoms with E-state index in [-0.39, 0.29) is 5.49 Å². The third-order valence-electron chi connectivity index (χ3n) is 3.25. The van der Waals surface area contributed by atoms with E-state index in [0.717, 1.165) is 23.5 Å². The third-order valence-corrected chi connectivity index (χ3v) is 3.25. The van der Waals surface area contributed by atoms with Crippen molar-refractivity contribution in [2.24, 2.45) is 7.05 Å². The zero-order valence-corrected chi connectivity index (χ0v) is 10.9. The molecule has 3 rings (SSSR count). The van der Waals surface area contributed by atoms with E-state index in [0.29, 0.717) is 5.52 Å². The Kier molecular flexibility index (Phi) is 2.67. The van der Waals surface area contributed by atoms with E-state index in [1.165, 1.54) is 5.56 Å². The van der Waals surface area contributed by atoms with Gasteiger partial charge in [-0.25, -0.2) is 9.97 Å². The van der Waals surface area contributed by atoms with Gasteiger partial charge in [0.1, 0.15) is 11.3 Å². The van der Waals surface area contributed by atoms with Crippen molar-refractivity contribution < 1.29 is 0 Å². The number of aryl methyl sites for hydroxylation is 2. The Bertz CT molecular complexity index is 780. The van der Waals surface area contributed by atoms with Gasteiger partial charge in [-0.2, -0.15) is 0 Å². The molecule has 3 aromatic rings.